The van der Waals surface area contributed by atoms with Crippen molar-refractivity contribution >= 4 is 0 Å². The predicted octanol–water partition coefficient (Wildman–Crippen LogP) is 2.83. The van der Waals surface area contributed by atoms with Gasteiger partial charge in [-0.2, -0.15) is 0 Å². The molecular formula is C18H21FN2O. The molecule has 1 atom stereocenters. The molecule has 4 heteroatoms. The summed E-state index contributed by atoms with van der Waals surface area (Å²) in [6.07, 6.45) is 0. The van der Waals surface area contributed by atoms with Gasteiger partial charge in [0.05, 0.1) is 6.04 Å². The van der Waals surface area contributed by atoms with Gasteiger partial charge in [0.2, 0.25) is 0 Å². The first kappa shape index (κ1) is 15.0. The lowest BCUT2D eigenvalue weighted by Gasteiger charge is -2.36. The molecule has 0 radical (unpaired) electrons. The van der Waals surface area contributed by atoms with Gasteiger partial charge < -0.3 is 10.4 Å². The summed E-state index contributed by atoms with van der Waals surface area (Å²) >= 11 is 0. The summed E-state index contributed by atoms with van der Waals surface area (Å²) in [5.74, 6) is 0.0895. The summed E-state index contributed by atoms with van der Waals surface area (Å²) in [5, 5.41) is 13.8. The molecule has 1 heterocycles. The summed E-state index contributed by atoms with van der Waals surface area (Å²) in [7, 11) is 0. The first-order valence-electron chi connectivity index (χ1n) is 7.65. The van der Waals surface area contributed by atoms with Crippen LogP contribution in [0.15, 0.2) is 42.5 Å². The Labute approximate surface area is 130 Å². The SMILES string of the molecule is Cc1cccc(C(c2ccc(F)cc2)N2CCNCC2)c1O. The van der Waals surface area contributed by atoms with Gasteiger partial charge in [0.1, 0.15) is 11.6 Å². The number of aryl methyl sites for hydroxylation is 1. The topological polar surface area (TPSA) is 35.5 Å². The molecule has 1 fully saturated rings. The van der Waals surface area contributed by atoms with Gasteiger partial charge in [-0.15, -0.1) is 0 Å². The number of piperazine rings is 1. The van der Waals surface area contributed by atoms with Crippen LogP contribution in [-0.4, -0.2) is 36.2 Å². The van der Waals surface area contributed by atoms with Gasteiger partial charge in [-0.25, -0.2) is 4.39 Å². The van der Waals surface area contributed by atoms with Gasteiger partial charge in [0.15, 0.2) is 0 Å². The standard InChI is InChI=1S/C18H21FN2O/c1-13-3-2-4-16(18(13)22)17(21-11-9-20-10-12-21)14-5-7-15(19)8-6-14/h2-8,17,20,22H,9-12H2,1H3. The van der Waals surface area contributed by atoms with E-state index >= 15 is 0 Å². The van der Waals surface area contributed by atoms with Crippen molar-refractivity contribution in [2.24, 2.45) is 0 Å². The second-order valence-corrected chi connectivity index (χ2v) is 5.75. The minimum absolute atomic E-state index is 0.0531. The van der Waals surface area contributed by atoms with Gasteiger partial charge in [0.25, 0.3) is 0 Å². The van der Waals surface area contributed by atoms with Crippen molar-refractivity contribution in [3.8, 4) is 5.75 Å². The number of hydrogen-bond donors (Lipinski definition) is 2. The number of nitrogens with zero attached hydrogens (tertiary/aromatic N) is 1. The number of hydrogen-bond acceptors (Lipinski definition) is 3. The van der Waals surface area contributed by atoms with Crippen LogP contribution in [0.3, 0.4) is 0 Å². The van der Waals surface area contributed by atoms with E-state index in [4.69, 9.17) is 0 Å². The number of para-hydroxylation sites is 1. The van der Waals surface area contributed by atoms with Crippen LogP contribution in [0.4, 0.5) is 4.39 Å². The molecule has 1 unspecified atom stereocenters. The third-order valence-electron chi connectivity index (χ3n) is 4.27. The summed E-state index contributed by atoms with van der Waals surface area (Å²) < 4.78 is 13.3. The Bertz CT molecular complexity index is 636. The monoisotopic (exact) mass is 300 g/mol. The summed E-state index contributed by atoms with van der Waals surface area (Å²) in [6, 6.07) is 12.4. The van der Waals surface area contributed by atoms with Crippen molar-refractivity contribution < 1.29 is 9.50 Å². The largest absolute Gasteiger partial charge is 0.507 e. The fourth-order valence-corrected chi connectivity index (χ4v) is 3.07. The van der Waals surface area contributed by atoms with Gasteiger partial charge in [0, 0.05) is 31.7 Å². The zero-order valence-electron chi connectivity index (χ0n) is 12.7. The molecule has 0 aromatic heterocycles. The molecule has 2 aromatic rings. The van der Waals surface area contributed by atoms with E-state index in [9.17, 15) is 9.50 Å². The van der Waals surface area contributed by atoms with E-state index in [-0.39, 0.29) is 11.9 Å². The molecule has 0 saturated carbocycles. The highest BCUT2D eigenvalue weighted by Crippen LogP contribution is 2.36. The fraction of sp³-hybridized carbons (Fsp3) is 0.333. The average Bonchev–Trinajstić information content (AvgIpc) is 2.54. The third-order valence-corrected chi connectivity index (χ3v) is 4.27. The molecule has 1 aliphatic heterocycles. The van der Waals surface area contributed by atoms with E-state index in [1.165, 1.54) is 12.1 Å². The number of phenolic OH excluding ortho intramolecular Hbond substituents is 1. The molecule has 22 heavy (non-hydrogen) atoms. The van der Waals surface area contributed by atoms with Gasteiger partial charge in [-0.3, -0.25) is 4.90 Å². The minimum atomic E-state index is -0.240. The zero-order chi connectivity index (χ0) is 15.5. The van der Waals surface area contributed by atoms with Gasteiger partial charge in [-0.1, -0.05) is 30.3 Å². The van der Waals surface area contributed by atoms with Crippen molar-refractivity contribution in [3.05, 3.63) is 65.0 Å². The third kappa shape index (κ3) is 2.98. The molecule has 2 aromatic carbocycles. The second-order valence-electron chi connectivity index (χ2n) is 5.75. The van der Waals surface area contributed by atoms with Crippen molar-refractivity contribution in [1.82, 2.24) is 10.2 Å². The summed E-state index contributed by atoms with van der Waals surface area (Å²) in [4.78, 5) is 2.33. The normalized spacial score (nSPS) is 17.4. The maximum absolute atomic E-state index is 13.3. The summed E-state index contributed by atoms with van der Waals surface area (Å²) in [6.45, 7) is 5.54. The Morgan fingerprint density at radius 1 is 1.09 bits per heavy atom. The number of benzene rings is 2. The smallest absolute Gasteiger partial charge is 0.123 e. The molecule has 1 saturated heterocycles. The molecule has 3 rings (SSSR count). The fourth-order valence-electron chi connectivity index (χ4n) is 3.07. The Hall–Kier alpha value is -1.91. The first-order chi connectivity index (χ1) is 10.7. The molecule has 2 N–H and O–H groups in total. The van der Waals surface area contributed by atoms with E-state index < -0.39 is 0 Å². The Balaban J connectivity index is 2.05. The molecule has 0 bridgehead atoms. The van der Waals surface area contributed by atoms with Gasteiger partial charge >= 0.3 is 0 Å². The molecule has 0 amide bonds. The van der Waals surface area contributed by atoms with E-state index in [1.807, 2.05) is 37.3 Å². The number of phenols is 1. The average molecular weight is 300 g/mol. The van der Waals surface area contributed by atoms with Gasteiger partial charge in [-0.05, 0) is 30.2 Å². The zero-order valence-corrected chi connectivity index (χ0v) is 12.7. The quantitative estimate of drug-likeness (QED) is 0.915. The Morgan fingerprint density at radius 2 is 1.77 bits per heavy atom. The predicted molar refractivity (Wildman–Crippen MR) is 85.5 cm³/mol. The van der Waals surface area contributed by atoms with Crippen LogP contribution in [0.1, 0.15) is 22.7 Å². The van der Waals surface area contributed by atoms with Crippen LogP contribution >= 0.6 is 0 Å². The van der Waals surface area contributed by atoms with Crippen molar-refractivity contribution in [3.63, 3.8) is 0 Å². The number of rotatable bonds is 3. The molecule has 1 aliphatic rings. The molecule has 116 valence electrons. The molecule has 3 nitrogen and oxygen atoms in total. The van der Waals surface area contributed by atoms with Crippen molar-refractivity contribution in [2.45, 2.75) is 13.0 Å². The van der Waals surface area contributed by atoms with E-state index in [1.54, 1.807) is 0 Å². The highest BCUT2D eigenvalue weighted by atomic mass is 19.1. The highest BCUT2D eigenvalue weighted by Gasteiger charge is 2.26. The van der Waals surface area contributed by atoms with Crippen molar-refractivity contribution in [1.29, 1.82) is 0 Å². The lowest BCUT2D eigenvalue weighted by Crippen LogP contribution is -2.45. The number of aromatic hydroxyl groups is 1. The van der Waals surface area contributed by atoms with Crippen LogP contribution in [0, 0.1) is 12.7 Å². The van der Waals surface area contributed by atoms with Crippen molar-refractivity contribution in [2.75, 3.05) is 26.2 Å². The van der Waals surface area contributed by atoms with Crippen LogP contribution in [0.2, 0.25) is 0 Å². The lowest BCUT2D eigenvalue weighted by molar-refractivity contribution is 0.195. The Morgan fingerprint density at radius 3 is 2.45 bits per heavy atom. The molecule has 0 spiro atoms. The van der Waals surface area contributed by atoms with E-state index in [0.717, 1.165) is 42.9 Å². The second kappa shape index (κ2) is 6.46. The highest BCUT2D eigenvalue weighted by molar-refractivity contribution is 5.45. The van der Waals surface area contributed by atoms with E-state index in [2.05, 4.69) is 10.2 Å². The Kier molecular flexibility index (Phi) is 4.41. The van der Waals surface area contributed by atoms with Crippen LogP contribution in [-0.2, 0) is 0 Å². The van der Waals surface area contributed by atoms with Crippen LogP contribution < -0.4 is 5.32 Å². The van der Waals surface area contributed by atoms with E-state index in [0.29, 0.717) is 5.75 Å². The molecular weight excluding hydrogens is 279 g/mol. The maximum Gasteiger partial charge on any atom is 0.123 e. The van der Waals surface area contributed by atoms with Crippen LogP contribution in [0.25, 0.3) is 0 Å². The minimum Gasteiger partial charge on any atom is -0.507 e. The summed E-state index contributed by atoms with van der Waals surface area (Å²) in [5.41, 5.74) is 2.75. The first-order valence-corrected chi connectivity index (χ1v) is 7.65. The number of nitrogens with one attached hydrogen (secondary N) is 1. The van der Waals surface area contributed by atoms with Crippen LogP contribution in [0.5, 0.6) is 5.75 Å². The maximum atomic E-state index is 13.3. The lowest BCUT2D eigenvalue weighted by atomic mass is 9.94. The number of halogens is 1. The molecule has 0 aliphatic carbocycles.